The van der Waals surface area contributed by atoms with Crippen molar-refractivity contribution >= 4 is 12.2 Å². The van der Waals surface area contributed by atoms with Gasteiger partial charge in [0.05, 0.1) is 0 Å². The fourth-order valence-electron chi connectivity index (χ4n) is 0.458. The van der Waals surface area contributed by atoms with Crippen LogP contribution in [-0.2, 0) is 9.59 Å². The van der Waals surface area contributed by atoms with Crippen molar-refractivity contribution in [2.75, 3.05) is 6.54 Å². The predicted molar refractivity (Wildman–Crippen MR) is 38.5 cm³/mol. The van der Waals surface area contributed by atoms with E-state index in [4.69, 9.17) is 0 Å². The van der Waals surface area contributed by atoms with Crippen LogP contribution in [0.2, 0.25) is 0 Å². The van der Waals surface area contributed by atoms with Gasteiger partial charge in [0.15, 0.2) is 0 Å². The van der Waals surface area contributed by atoms with Crippen LogP contribution in [0.1, 0.15) is 20.3 Å². The minimum absolute atomic E-state index is 0.00171. The van der Waals surface area contributed by atoms with Crippen molar-refractivity contribution < 1.29 is 9.59 Å². The summed E-state index contributed by atoms with van der Waals surface area (Å²) >= 11 is 0. The molecule has 0 heterocycles. The summed E-state index contributed by atoms with van der Waals surface area (Å²) < 4.78 is 0. The number of rotatable bonds is 4. The molecule has 0 saturated heterocycles. The van der Waals surface area contributed by atoms with Gasteiger partial charge in [0.2, 0.25) is 5.91 Å². The average Bonchev–Trinajstić information content (AvgIpc) is 1.88. The molecule has 0 aromatic carbocycles. The Kier molecular flexibility index (Phi) is 4.54. The third-order valence-electron chi connectivity index (χ3n) is 1.09. The molecule has 0 bridgehead atoms. The Labute approximate surface area is 60.8 Å². The minimum Gasteiger partial charge on any atom is -0.355 e. The summed E-state index contributed by atoms with van der Waals surface area (Å²) in [4.78, 5) is 20.6. The van der Waals surface area contributed by atoms with Crippen LogP contribution < -0.4 is 5.32 Å². The first-order valence-electron chi connectivity index (χ1n) is 3.40. The molecule has 0 rings (SSSR count). The summed E-state index contributed by atoms with van der Waals surface area (Å²) in [5.74, 6) is 0.00787. The summed E-state index contributed by atoms with van der Waals surface area (Å²) in [6, 6.07) is 0. The van der Waals surface area contributed by atoms with Gasteiger partial charge in [-0.1, -0.05) is 13.8 Å². The molecule has 0 radical (unpaired) electrons. The van der Waals surface area contributed by atoms with E-state index in [-0.39, 0.29) is 11.8 Å². The standard InChI is InChI=1S/C7H13NO2/c1-6(2)7(10)8-4-3-5-9/h5-6H,3-4H2,1-2H3,(H,8,10). The number of aldehydes is 1. The van der Waals surface area contributed by atoms with Gasteiger partial charge in [0.25, 0.3) is 0 Å². The summed E-state index contributed by atoms with van der Waals surface area (Å²) in [7, 11) is 0. The van der Waals surface area contributed by atoms with Crippen molar-refractivity contribution in [2.24, 2.45) is 5.92 Å². The molecule has 3 heteroatoms. The van der Waals surface area contributed by atoms with Crippen LogP contribution in [0.25, 0.3) is 0 Å². The van der Waals surface area contributed by atoms with Crippen LogP contribution in [-0.4, -0.2) is 18.7 Å². The molecule has 0 fully saturated rings. The van der Waals surface area contributed by atoms with Crippen LogP contribution in [0, 0.1) is 5.92 Å². The van der Waals surface area contributed by atoms with E-state index < -0.39 is 0 Å². The molecular formula is C7H13NO2. The lowest BCUT2D eigenvalue weighted by Crippen LogP contribution is -2.28. The largest absolute Gasteiger partial charge is 0.355 e. The highest BCUT2D eigenvalue weighted by Crippen LogP contribution is 1.89. The maximum absolute atomic E-state index is 10.8. The quantitative estimate of drug-likeness (QED) is 0.456. The number of carbonyl (C=O) groups excluding carboxylic acids is 2. The number of carbonyl (C=O) groups is 2. The molecule has 0 aliphatic heterocycles. The van der Waals surface area contributed by atoms with E-state index in [0.717, 1.165) is 6.29 Å². The second-order valence-corrected chi connectivity index (χ2v) is 2.40. The van der Waals surface area contributed by atoms with Gasteiger partial charge in [-0.05, 0) is 0 Å². The van der Waals surface area contributed by atoms with Gasteiger partial charge in [-0.25, -0.2) is 0 Å². The second-order valence-electron chi connectivity index (χ2n) is 2.40. The Morgan fingerprint density at radius 3 is 2.60 bits per heavy atom. The molecule has 0 aliphatic rings. The topological polar surface area (TPSA) is 46.2 Å². The molecule has 0 atom stereocenters. The van der Waals surface area contributed by atoms with Crippen molar-refractivity contribution in [1.82, 2.24) is 5.32 Å². The smallest absolute Gasteiger partial charge is 0.222 e. The molecule has 0 spiro atoms. The van der Waals surface area contributed by atoms with E-state index in [9.17, 15) is 9.59 Å². The first-order chi connectivity index (χ1) is 4.68. The highest BCUT2D eigenvalue weighted by atomic mass is 16.1. The molecule has 0 aromatic heterocycles. The van der Waals surface area contributed by atoms with E-state index >= 15 is 0 Å². The lowest BCUT2D eigenvalue weighted by molar-refractivity contribution is -0.124. The van der Waals surface area contributed by atoms with Crippen LogP contribution in [0.3, 0.4) is 0 Å². The molecule has 3 nitrogen and oxygen atoms in total. The second kappa shape index (κ2) is 4.97. The zero-order valence-electron chi connectivity index (χ0n) is 6.39. The van der Waals surface area contributed by atoms with Gasteiger partial charge in [-0.2, -0.15) is 0 Å². The molecular weight excluding hydrogens is 130 g/mol. The van der Waals surface area contributed by atoms with Gasteiger partial charge in [0.1, 0.15) is 6.29 Å². The van der Waals surface area contributed by atoms with Crippen molar-refractivity contribution in [2.45, 2.75) is 20.3 Å². The zero-order chi connectivity index (χ0) is 7.98. The maximum Gasteiger partial charge on any atom is 0.222 e. The van der Waals surface area contributed by atoms with E-state index in [2.05, 4.69) is 5.32 Å². The lowest BCUT2D eigenvalue weighted by Gasteiger charge is -2.04. The highest BCUT2D eigenvalue weighted by Gasteiger charge is 2.03. The molecule has 1 N–H and O–H groups in total. The fraction of sp³-hybridized carbons (Fsp3) is 0.714. The summed E-state index contributed by atoms with van der Waals surface area (Å²) in [5.41, 5.74) is 0. The highest BCUT2D eigenvalue weighted by molar-refractivity contribution is 5.77. The Morgan fingerprint density at radius 1 is 1.60 bits per heavy atom. The molecule has 0 unspecified atom stereocenters. The van der Waals surface area contributed by atoms with Gasteiger partial charge < -0.3 is 10.1 Å². The summed E-state index contributed by atoms with van der Waals surface area (Å²) in [6.07, 6.45) is 1.19. The zero-order valence-corrected chi connectivity index (χ0v) is 6.39. The fourth-order valence-corrected chi connectivity index (χ4v) is 0.458. The summed E-state index contributed by atoms with van der Waals surface area (Å²) in [5, 5.41) is 2.61. The minimum atomic E-state index is 0.00171. The first-order valence-corrected chi connectivity index (χ1v) is 3.40. The average molecular weight is 143 g/mol. The Hall–Kier alpha value is -0.860. The molecule has 0 aliphatic carbocycles. The monoisotopic (exact) mass is 143 g/mol. The number of amides is 1. The van der Waals surface area contributed by atoms with Gasteiger partial charge >= 0.3 is 0 Å². The van der Waals surface area contributed by atoms with Crippen molar-refractivity contribution in [3.63, 3.8) is 0 Å². The third kappa shape index (κ3) is 4.06. The van der Waals surface area contributed by atoms with Crippen molar-refractivity contribution in [1.29, 1.82) is 0 Å². The summed E-state index contributed by atoms with van der Waals surface area (Å²) in [6.45, 7) is 4.09. The Balaban J connectivity index is 3.30. The van der Waals surface area contributed by atoms with E-state index in [1.807, 2.05) is 13.8 Å². The van der Waals surface area contributed by atoms with Crippen LogP contribution in [0.4, 0.5) is 0 Å². The first kappa shape index (κ1) is 9.14. The Bertz CT molecular complexity index is 121. The lowest BCUT2D eigenvalue weighted by atomic mass is 10.2. The van der Waals surface area contributed by atoms with Crippen LogP contribution in [0.15, 0.2) is 0 Å². The van der Waals surface area contributed by atoms with E-state index in [1.165, 1.54) is 0 Å². The van der Waals surface area contributed by atoms with E-state index in [1.54, 1.807) is 0 Å². The predicted octanol–water partition coefficient (Wildman–Crippen LogP) is 0.348. The molecule has 10 heavy (non-hydrogen) atoms. The van der Waals surface area contributed by atoms with Gasteiger partial charge in [-0.3, -0.25) is 4.79 Å². The van der Waals surface area contributed by atoms with Crippen molar-refractivity contribution in [3.05, 3.63) is 0 Å². The molecule has 0 aromatic rings. The molecule has 58 valence electrons. The van der Waals surface area contributed by atoms with Crippen LogP contribution >= 0.6 is 0 Å². The Morgan fingerprint density at radius 2 is 2.20 bits per heavy atom. The molecule has 0 saturated carbocycles. The van der Waals surface area contributed by atoms with Crippen LogP contribution in [0.5, 0.6) is 0 Å². The third-order valence-corrected chi connectivity index (χ3v) is 1.09. The van der Waals surface area contributed by atoms with Gasteiger partial charge in [-0.15, -0.1) is 0 Å². The number of nitrogens with one attached hydrogen (secondary N) is 1. The van der Waals surface area contributed by atoms with Crippen molar-refractivity contribution in [3.8, 4) is 0 Å². The SMILES string of the molecule is CC(C)C(=O)NCCC=O. The number of hydrogen-bond acceptors (Lipinski definition) is 2. The van der Waals surface area contributed by atoms with Gasteiger partial charge in [0, 0.05) is 18.9 Å². The normalized spacial score (nSPS) is 9.50. The van der Waals surface area contributed by atoms with E-state index in [0.29, 0.717) is 13.0 Å². The number of hydrogen-bond donors (Lipinski definition) is 1. The molecule has 1 amide bonds. The maximum atomic E-state index is 10.8.